The van der Waals surface area contributed by atoms with Crippen LogP contribution in [0.15, 0.2) is 12.4 Å². The van der Waals surface area contributed by atoms with Crippen LogP contribution in [0.4, 0.5) is 11.6 Å². The van der Waals surface area contributed by atoms with Crippen LogP contribution in [0.5, 0.6) is 0 Å². The summed E-state index contributed by atoms with van der Waals surface area (Å²) in [7, 11) is 3.86. The quantitative estimate of drug-likeness (QED) is 0.886. The lowest BCUT2D eigenvalue weighted by Gasteiger charge is -2.36. The molecular formula is C13H20N4O2. The third-order valence-corrected chi connectivity index (χ3v) is 3.43. The van der Waals surface area contributed by atoms with E-state index in [9.17, 15) is 4.79 Å². The van der Waals surface area contributed by atoms with Crippen molar-refractivity contribution < 1.29 is 9.90 Å². The Hall–Kier alpha value is -1.85. The van der Waals surface area contributed by atoms with E-state index in [0.717, 1.165) is 37.4 Å². The second-order valence-corrected chi connectivity index (χ2v) is 5.07. The number of aliphatic carboxylic acids is 1. The standard InChI is InChI=1S/C13H20N4O2/c1-16(2)11-8-12(15-9-14-11)17-6-4-3-5-10(17)7-13(18)19/h8-10H,3-7H2,1-2H3,(H,18,19). The van der Waals surface area contributed by atoms with Crippen molar-refractivity contribution in [2.75, 3.05) is 30.4 Å². The van der Waals surface area contributed by atoms with E-state index in [0.29, 0.717) is 0 Å². The fraction of sp³-hybridized carbons (Fsp3) is 0.615. The van der Waals surface area contributed by atoms with Crippen LogP contribution in [0, 0.1) is 0 Å². The minimum atomic E-state index is -0.751. The number of anilines is 2. The number of rotatable bonds is 4. The normalized spacial score (nSPS) is 19.3. The smallest absolute Gasteiger partial charge is 0.305 e. The number of carboxylic acid groups (broad SMARTS) is 1. The molecule has 1 unspecified atom stereocenters. The molecule has 0 amide bonds. The summed E-state index contributed by atoms with van der Waals surface area (Å²) >= 11 is 0. The Kier molecular flexibility index (Phi) is 4.19. The number of carbonyl (C=O) groups is 1. The summed E-state index contributed by atoms with van der Waals surface area (Å²) in [6.45, 7) is 0.863. The van der Waals surface area contributed by atoms with Crippen molar-refractivity contribution in [1.29, 1.82) is 0 Å². The third-order valence-electron chi connectivity index (χ3n) is 3.43. The molecule has 0 aliphatic carbocycles. The molecule has 2 heterocycles. The molecule has 1 aromatic rings. The molecule has 1 atom stereocenters. The second kappa shape index (κ2) is 5.86. The van der Waals surface area contributed by atoms with Gasteiger partial charge in [-0.1, -0.05) is 0 Å². The van der Waals surface area contributed by atoms with Crippen molar-refractivity contribution in [3.05, 3.63) is 12.4 Å². The Labute approximate surface area is 113 Å². The molecule has 6 nitrogen and oxygen atoms in total. The van der Waals surface area contributed by atoms with Crippen LogP contribution in [0.3, 0.4) is 0 Å². The predicted octanol–water partition coefficient (Wildman–Crippen LogP) is 1.38. The van der Waals surface area contributed by atoms with Crippen molar-refractivity contribution in [2.24, 2.45) is 0 Å². The Bertz CT molecular complexity index is 450. The summed E-state index contributed by atoms with van der Waals surface area (Å²) in [4.78, 5) is 23.5. The van der Waals surface area contributed by atoms with Gasteiger partial charge in [-0.3, -0.25) is 4.79 Å². The van der Waals surface area contributed by atoms with Gasteiger partial charge in [0.15, 0.2) is 0 Å². The lowest BCUT2D eigenvalue weighted by atomic mass is 9.99. The van der Waals surface area contributed by atoms with E-state index in [-0.39, 0.29) is 12.5 Å². The minimum absolute atomic E-state index is 0.0381. The average molecular weight is 264 g/mol. The van der Waals surface area contributed by atoms with Gasteiger partial charge in [0.2, 0.25) is 0 Å². The van der Waals surface area contributed by atoms with Gasteiger partial charge in [-0.15, -0.1) is 0 Å². The van der Waals surface area contributed by atoms with E-state index in [1.807, 2.05) is 25.1 Å². The van der Waals surface area contributed by atoms with Crippen molar-refractivity contribution in [2.45, 2.75) is 31.7 Å². The average Bonchev–Trinajstić information content (AvgIpc) is 2.39. The van der Waals surface area contributed by atoms with E-state index in [1.54, 1.807) is 0 Å². The maximum absolute atomic E-state index is 11.0. The summed E-state index contributed by atoms with van der Waals surface area (Å²) in [6.07, 6.45) is 4.78. The first-order chi connectivity index (χ1) is 9.08. The van der Waals surface area contributed by atoms with Crippen molar-refractivity contribution in [1.82, 2.24) is 9.97 Å². The molecular weight excluding hydrogens is 244 g/mol. The van der Waals surface area contributed by atoms with Gasteiger partial charge in [0.05, 0.1) is 6.42 Å². The van der Waals surface area contributed by atoms with Crippen molar-refractivity contribution in [3.63, 3.8) is 0 Å². The molecule has 1 aromatic heterocycles. The highest BCUT2D eigenvalue weighted by Gasteiger charge is 2.26. The van der Waals surface area contributed by atoms with Crippen LogP contribution >= 0.6 is 0 Å². The molecule has 0 aromatic carbocycles. The van der Waals surface area contributed by atoms with Gasteiger partial charge in [-0.25, -0.2) is 9.97 Å². The van der Waals surface area contributed by atoms with E-state index in [2.05, 4.69) is 14.9 Å². The van der Waals surface area contributed by atoms with Crippen molar-refractivity contribution in [3.8, 4) is 0 Å². The molecule has 0 radical (unpaired) electrons. The molecule has 0 saturated carbocycles. The SMILES string of the molecule is CN(C)c1cc(N2CCCCC2CC(=O)O)ncn1. The molecule has 0 bridgehead atoms. The number of nitrogens with zero attached hydrogens (tertiary/aromatic N) is 4. The van der Waals surface area contributed by atoms with Gasteiger partial charge in [-0.05, 0) is 19.3 Å². The summed E-state index contributed by atoms with van der Waals surface area (Å²) in [5, 5.41) is 9.01. The molecule has 19 heavy (non-hydrogen) atoms. The fourth-order valence-corrected chi connectivity index (χ4v) is 2.45. The second-order valence-electron chi connectivity index (χ2n) is 5.07. The lowest BCUT2D eigenvalue weighted by Crippen LogP contribution is -2.41. The van der Waals surface area contributed by atoms with Gasteiger partial charge in [0, 0.05) is 32.7 Å². The van der Waals surface area contributed by atoms with E-state index < -0.39 is 5.97 Å². The zero-order chi connectivity index (χ0) is 13.8. The first-order valence-electron chi connectivity index (χ1n) is 6.55. The highest BCUT2D eigenvalue weighted by molar-refractivity contribution is 5.68. The Balaban J connectivity index is 2.21. The van der Waals surface area contributed by atoms with Crippen LogP contribution in [0.2, 0.25) is 0 Å². The molecule has 1 saturated heterocycles. The Morgan fingerprint density at radius 1 is 1.47 bits per heavy atom. The fourth-order valence-electron chi connectivity index (χ4n) is 2.45. The molecule has 0 spiro atoms. The number of carboxylic acids is 1. The maximum Gasteiger partial charge on any atom is 0.305 e. The molecule has 1 fully saturated rings. The summed E-state index contributed by atoms with van der Waals surface area (Å²) in [6, 6.07) is 1.95. The van der Waals surface area contributed by atoms with E-state index in [1.165, 1.54) is 6.33 Å². The molecule has 1 N–H and O–H groups in total. The number of aromatic nitrogens is 2. The Morgan fingerprint density at radius 3 is 2.95 bits per heavy atom. The highest BCUT2D eigenvalue weighted by Crippen LogP contribution is 2.26. The summed E-state index contributed by atoms with van der Waals surface area (Å²) in [5.41, 5.74) is 0. The topological polar surface area (TPSA) is 69.6 Å². The molecule has 6 heteroatoms. The van der Waals surface area contributed by atoms with E-state index >= 15 is 0 Å². The predicted molar refractivity (Wildman–Crippen MR) is 73.6 cm³/mol. The molecule has 1 aliphatic rings. The van der Waals surface area contributed by atoms with Gasteiger partial charge in [0.1, 0.15) is 18.0 Å². The first kappa shape index (κ1) is 13.6. The van der Waals surface area contributed by atoms with Crippen LogP contribution in [0.25, 0.3) is 0 Å². The summed E-state index contributed by atoms with van der Waals surface area (Å²) < 4.78 is 0. The highest BCUT2D eigenvalue weighted by atomic mass is 16.4. The van der Waals surface area contributed by atoms with Gasteiger partial charge in [-0.2, -0.15) is 0 Å². The van der Waals surface area contributed by atoms with Crippen LogP contribution < -0.4 is 9.80 Å². The van der Waals surface area contributed by atoms with Crippen LogP contribution in [-0.2, 0) is 4.79 Å². The van der Waals surface area contributed by atoms with Gasteiger partial charge >= 0.3 is 5.97 Å². The first-order valence-corrected chi connectivity index (χ1v) is 6.55. The van der Waals surface area contributed by atoms with Crippen molar-refractivity contribution >= 4 is 17.6 Å². The Morgan fingerprint density at radius 2 is 2.26 bits per heavy atom. The minimum Gasteiger partial charge on any atom is -0.481 e. The number of hydrogen-bond donors (Lipinski definition) is 1. The summed E-state index contributed by atoms with van der Waals surface area (Å²) in [5.74, 6) is 0.910. The lowest BCUT2D eigenvalue weighted by molar-refractivity contribution is -0.137. The zero-order valence-electron chi connectivity index (χ0n) is 11.4. The largest absolute Gasteiger partial charge is 0.481 e. The third kappa shape index (κ3) is 3.33. The number of hydrogen-bond acceptors (Lipinski definition) is 5. The molecule has 1 aliphatic heterocycles. The van der Waals surface area contributed by atoms with Crippen LogP contribution in [0.1, 0.15) is 25.7 Å². The maximum atomic E-state index is 11.0. The zero-order valence-corrected chi connectivity index (χ0v) is 11.4. The molecule has 2 rings (SSSR count). The number of piperidine rings is 1. The van der Waals surface area contributed by atoms with Crippen LogP contribution in [-0.4, -0.2) is 47.7 Å². The monoisotopic (exact) mass is 264 g/mol. The van der Waals surface area contributed by atoms with E-state index in [4.69, 9.17) is 5.11 Å². The molecule has 104 valence electrons. The van der Waals surface area contributed by atoms with Gasteiger partial charge in [0.25, 0.3) is 0 Å². The van der Waals surface area contributed by atoms with Gasteiger partial charge < -0.3 is 14.9 Å².